The molecule has 1 amide bonds. The molecule has 0 aromatic heterocycles. The van der Waals surface area contributed by atoms with E-state index < -0.39 is 10.0 Å². The summed E-state index contributed by atoms with van der Waals surface area (Å²) < 4.78 is 28.1. The molecular formula is C16H23BrN2O3S. The summed E-state index contributed by atoms with van der Waals surface area (Å²) in [5, 5.41) is 2.88. The molecule has 1 atom stereocenters. The van der Waals surface area contributed by atoms with Gasteiger partial charge in [-0.15, -0.1) is 0 Å². The number of sulfonamides is 1. The van der Waals surface area contributed by atoms with Gasteiger partial charge in [0.1, 0.15) is 0 Å². The fourth-order valence-corrected chi connectivity index (χ4v) is 5.02. The molecule has 1 aliphatic heterocycles. The Labute approximate surface area is 146 Å². The summed E-state index contributed by atoms with van der Waals surface area (Å²) in [5.41, 5.74) is 0.702. The summed E-state index contributed by atoms with van der Waals surface area (Å²) in [6.07, 6.45) is 1.43. The van der Waals surface area contributed by atoms with Crippen LogP contribution in [0.15, 0.2) is 27.6 Å². The van der Waals surface area contributed by atoms with E-state index >= 15 is 0 Å². The van der Waals surface area contributed by atoms with Gasteiger partial charge in [0.15, 0.2) is 0 Å². The number of amides is 1. The van der Waals surface area contributed by atoms with Crippen LogP contribution in [0.3, 0.4) is 0 Å². The van der Waals surface area contributed by atoms with Crippen molar-refractivity contribution in [2.45, 2.75) is 44.6 Å². The summed E-state index contributed by atoms with van der Waals surface area (Å²) in [7, 11) is -3.57. The lowest BCUT2D eigenvalue weighted by Gasteiger charge is -2.32. The Balaban J connectivity index is 2.21. The molecule has 7 heteroatoms. The number of nitrogens with zero attached hydrogens (tertiary/aromatic N) is 1. The van der Waals surface area contributed by atoms with Crippen molar-refractivity contribution in [2.24, 2.45) is 5.92 Å². The quantitative estimate of drug-likeness (QED) is 0.841. The van der Waals surface area contributed by atoms with Crippen LogP contribution in [0.4, 0.5) is 0 Å². The first-order valence-corrected chi connectivity index (χ1v) is 10.0. The topological polar surface area (TPSA) is 66.5 Å². The molecule has 128 valence electrons. The summed E-state index contributed by atoms with van der Waals surface area (Å²) >= 11 is 3.35. The molecule has 1 saturated heterocycles. The highest BCUT2D eigenvalue weighted by Crippen LogP contribution is 2.27. The van der Waals surface area contributed by atoms with E-state index in [1.54, 1.807) is 25.1 Å². The van der Waals surface area contributed by atoms with Crippen LogP contribution in [0.1, 0.15) is 32.3 Å². The number of nitrogens with one attached hydrogen (secondary N) is 1. The van der Waals surface area contributed by atoms with Crippen molar-refractivity contribution in [1.82, 2.24) is 9.62 Å². The van der Waals surface area contributed by atoms with E-state index in [4.69, 9.17) is 0 Å². The van der Waals surface area contributed by atoms with Crippen molar-refractivity contribution < 1.29 is 13.2 Å². The number of piperidine rings is 1. The first-order valence-electron chi connectivity index (χ1n) is 7.78. The van der Waals surface area contributed by atoms with Gasteiger partial charge in [-0.1, -0.05) is 15.9 Å². The molecule has 1 aromatic rings. The van der Waals surface area contributed by atoms with E-state index in [1.807, 2.05) is 13.8 Å². The highest BCUT2D eigenvalue weighted by molar-refractivity contribution is 9.10. The van der Waals surface area contributed by atoms with E-state index in [1.165, 1.54) is 4.31 Å². The fraction of sp³-hybridized carbons (Fsp3) is 0.562. The van der Waals surface area contributed by atoms with Crippen molar-refractivity contribution in [3.05, 3.63) is 28.2 Å². The van der Waals surface area contributed by atoms with Crippen molar-refractivity contribution in [2.75, 3.05) is 13.1 Å². The lowest BCUT2D eigenvalue weighted by molar-refractivity contribution is -0.126. The number of hydrogen-bond acceptors (Lipinski definition) is 3. The van der Waals surface area contributed by atoms with Crippen LogP contribution in [0, 0.1) is 12.8 Å². The van der Waals surface area contributed by atoms with Crippen LogP contribution in [-0.2, 0) is 14.8 Å². The van der Waals surface area contributed by atoms with Crippen LogP contribution in [0.2, 0.25) is 0 Å². The lowest BCUT2D eigenvalue weighted by atomic mass is 9.98. The number of carbonyl (C=O) groups excluding carboxylic acids is 1. The minimum atomic E-state index is -3.57. The Kier molecular flexibility index (Phi) is 5.86. The Hall–Kier alpha value is -0.920. The maximum absolute atomic E-state index is 12.9. The zero-order chi connectivity index (χ0) is 17.2. The molecule has 0 bridgehead atoms. The minimum Gasteiger partial charge on any atom is -0.354 e. The number of benzene rings is 1. The molecule has 0 saturated carbocycles. The lowest BCUT2D eigenvalue weighted by Crippen LogP contribution is -2.46. The normalized spacial score (nSPS) is 19.8. The number of hydrogen-bond donors (Lipinski definition) is 1. The number of halogens is 1. The van der Waals surface area contributed by atoms with Gasteiger partial charge < -0.3 is 5.32 Å². The molecule has 1 aromatic carbocycles. The van der Waals surface area contributed by atoms with E-state index in [9.17, 15) is 13.2 Å². The third-order valence-corrected chi connectivity index (χ3v) is 6.46. The van der Waals surface area contributed by atoms with E-state index in [0.29, 0.717) is 23.4 Å². The smallest absolute Gasteiger partial charge is 0.243 e. The molecule has 1 heterocycles. The molecule has 1 fully saturated rings. The first-order chi connectivity index (χ1) is 10.7. The Morgan fingerprint density at radius 2 is 2.09 bits per heavy atom. The zero-order valence-corrected chi connectivity index (χ0v) is 16.1. The van der Waals surface area contributed by atoms with Gasteiger partial charge in [-0.05, 0) is 57.4 Å². The second kappa shape index (κ2) is 7.32. The van der Waals surface area contributed by atoms with Gasteiger partial charge in [0.2, 0.25) is 15.9 Å². The maximum Gasteiger partial charge on any atom is 0.243 e. The van der Waals surface area contributed by atoms with Crippen LogP contribution < -0.4 is 5.32 Å². The van der Waals surface area contributed by atoms with Gasteiger partial charge in [-0.2, -0.15) is 4.31 Å². The molecule has 1 unspecified atom stereocenters. The summed E-state index contributed by atoms with van der Waals surface area (Å²) in [5.74, 6) is -0.343. The average molecular weight is 403 g/mol. The molecule has 0 aliphatic carbocycles. The monoisotopic (exact) mass is 402 g/mol. The third kappa shape index (κ3) is 4.33. The van der Waals surface area contributed by atoms with Gasteiger partial charge in [0.05, 0.1) is 10.8 Å². The summed E-state index contributed by atoms with van der Waals surface area (Å²) in [6.45, 7) is 6.30. The van der Waals surface area contributed by atoms with E-state index in [2.05, 4.69) is 21.2 Å². The molecule has 1 N–H and O–H groups in total. The van der Waals surface area contributed by atoms with Crippen LogP contribution in [0.5, 0.6) is 0 Å². The van der Waals surface area contributed by atoms with Gasteiger partial charge >= 0.3 is 0 Å². The summed E-state index contributed by atoms with van der Waals surface area (Å²) in [6, 6.07) is 5.20. The fourth-order valence-electron chi connectivity index (χ4n) is 2.82. The molecule has 0 spiro atoms. The standard InChI is InChI=1S/C16H23BrN2O3S/c1-11(2)18-16(20)13-5-4-8-19(10-13)23(21,22)15-7-6-14(17)9-12(15)3/h6-7,9,11,13H,4-5,8,10H2,1-3H3,(H,18,20). The highest BCUT2D eigenvalue weighted by atomic mass is 79.9. The molecule has 5 nitrogen and oxygen atoms in total. The maximum atomic E-state index is 12.9. The predicted octanol–water partition coefficient (Wildman–Crippen LogP) is 2.68. The van der Waals surface area contributed by atoms with Gasteiger partial charge in [0.25, 0.3) is 0 Å². The van der Waals surface area contributed by atoms with E-state index in [0.717, 1.165) is 10.9 Å². The zero-order valence-electron chi connectivity index (χ0n) is 13.7. The van der Waals surface area contributed by atoms with Crippen molar-refractivity contribution in [3.8, 4) is 0 Å². The van der Waals surface area contributed by atoms with Crippen molar-refractivity contribution in [3.63, 3.8) is 0 Å². The number of aryl methyl sites for hydroxylation is 1. The Morgan fingerprint density at radius 3 is 2.70 bits per heavy atom. The third-order valence-electron chi connectivity index (χ3n) is 3.94. The predicted molar refractivity (Wildman–Crippen MR) is 93.6 cm³/mol. The van der Waals surface area contributed by atoms with Crippen molar-refractivity contribution in [1.29, 1.82) is 0 Å². The highest BCUT2D eigenvalue weighted by Gasteiger charge is 2.34. The summed E-state index contributed by atoms with van der Waals surface area (Å²) in [4.78, 5) is 12.5. The largest absolute Gasteiger partial charge is 0.354 e. The second-order valence-corrected chi connectivity index (χ2v) is 9.10. The van der Waals surface area contributed by atoms with Crippen molar-refractivity contribution >= 4 is 31.9 Å². The molecule has 2 rings (SSSR count). The van der Waals surface area contributed by atoms with Gasteiger partial charge in [-0.3, -0.25) is 4.79 Å². The molecular weight excluding hydrogens is 380 g/mol. The van der Waals surface area contributed by atoms with Gasteiger partial charge in [-0.25, -0.2) is 8.42 Å². The SMILES string of the molecule is Cc1cc(Br)ccc1S(=O)(=O)N1CCCC(C(=O)NC(C)C)C1. The average Bonchev–Trinajstić information content (AvgIpc) is 2.46. The minimum absolute atomic E-state index is 0.0585. The second-order valence-electron chi connectivity index (χ2n) is 6.28. The van der Waals surface area contributed by atoms with Crippen LogP contribution >= 0.6 is 15.9 Å². The number of carbonyl (C=O) groups is 1. The van der Waals surface area contributed by atoms with Gasteiger partial charge in [0, 0.05) is 23.6 Å². The van der Waals surface area contributed by atoms with Crippen LogP contribution in [-0.4, -0.2) is 37.8 Å². The van der Waals surface area contributed by atoms with Crippen LogP contribution in [0.25, 0.3) is 0 Å². The Morgan fingerprint density at radius 1 is 1.39 bits per heavy atom. The first kappa shape index (κ1) is 18.4. The van der Waals surface area contributed by atoms with E-state index in [-0.39, 0.29) is 24.4 Å². The molecule has 23 heavy (non-hydrogen) atoms. The number of rotatable bonds is 4. The molecule has 0 radical (unpaired) electrons. The molecule has 1 aliphatic rings. The Bertz CT molecular complexity index is 689.